The van der Waals surface area contributed by atoms with E-state index in [1.54, 1.807) is 0 Å². The van der Waals surface area contributed by atoms with Gasteiger partial charge in [0.15, 0.2) is 0 Å². The molecule has 2 amide bonds. The molecule has 3 saturated heterocycles. The third kappa shape index (κ3) is 33.1. The number of benzene rings is 6. The molecule has 0 spiro atoms. The van der Waals surface area contributed by atoms with Gasteiger partial charge >= 0.3 is 0 Å². The first-order valence-corrected chi connectivity index (χ1v) is 40.7. The van der Waals surface area contributed by atoms with E-state index in [1.807, 2.05) is 9.80 Å². The molecule has 6 aromatic rings. The van der Waals surface area contributed by atoms with Gasteiger partial charge in [-0.25, -0.2) is 0 Å². The number of rotatable bonds is 24. The van der Waals surface area contributed by atoms with E-state index < -0.39 is 0 Å². The predicted octanol–water partition coefficient (Wildman–Crippen LogP) is 12.3. The first-order chi connectivity index (χ1) is 52.6. The van der Waals surface area contributed by atoms with Crippen molar-refractivity contribution in [3.05, 3.63) is 120 Å². The summed E-state index contributed by atoms with van der Waals surface area (Å²) < 4.78 is 72.6. The number of hydrogen-bond donors (Lipinski definition) is 0. The number of hydrogen-bond acceptors (Lipinski definition) is 18. The van der Waals surface area contributed by atoms with Gasteiger partial charge in [-0.3, -0.25) is 29.2 Å². The third-order valence-electron chi connectivity index (χ3n) is 20.6. The topological polar surface area (TPSA) is 164 Å². The quantitative estimate of drug-likeness (QED) is 0.0415. The largest absolute Gasteiger partial charge is 0.378 e. The maximum absolute atomic E-state index is 13.5. The molecule has 0 aromatic heterocycles. The molecule has 3 heterocycles. The van der Waals surface area contributed by atoms with E-state index in [4.69, 9.17) is 56.8 Å². The minimum atomic E-state index is 0.149. The molecule has 588 valence electrons. The van der Waals surface area contributed by atoms with Crippen LogP contribution in [0.15, 0.2) is 109 Å². The molecule has 20 nitrogen and oxygen atoms in total. The number of nitrogens with zero attached hydrogens (tertiary/aromatic N) is 6. The Labute approximate surface area is 634 Å². The molecule has 3 aliphatic rings. The van der Waals surface area contributed by atoms with Crippen molar-refractivity contribution in [1.82, 2.24) is 29.4 Å². The smallest absolute Gasteiger partial charge is 0.222 e. The molecule has 20 heteroatoms. The molecule has 106 heavy (non-hydrogen) atoms. The zero-order valence-electron chi connectivity index (χ0n) is 64.4. The Bertz CT molecular complexity index is 2930. The second kappa shape index (κ2) is 53.5. The van der Waals surface area contributed by atoms with Crippen LogP contribution in [-0.2, 0) is 79.5 Å². The molecular weight excluding hydrogens is 1340 g/mol. The van der Waals surface area contributed by atoms with Crippen molar-refractivity contribution in [2.45, 2.75) is 116 Å². The lowest BCUT2D eigenvalue weighted by atomic mass is 9.96. The average molecular weight is 1470 g/mol. The number of amides is 2. The number of ether oxygens (including phenoxy) is 12. The van der Waals surface area contributed by atoms with Crippen LogP contribution in [0, 0.1) is 0 Å². The summed E-state index contributed by atoms with van der Waals surface area (Å²) in [6, 6.07) is 39.4. The molecule has 0 bridgehead atoms. The SMILES string of the molecule is O=C(CCCCCCCCCN1CCOCCOCCN(Cc2c3ccccc3cc3ccccc23)CCOCCOCC1)N1CCOCCOCCN(C(=O)CCCCCCCCCN2CCOCCOCCN(Cc3c4ccccc4cc4ccccc34)CCOCCOCC2)CCOCCOCC1. The van der Waals surface area contributed by atoms with E-state index in [-0.39, 0.29) is 11.8 Å². The van der Waals surface area contributed by atoms with E-state index in [0.29, 0.717) is 198 Å². The fourth-order valence-corrected chi connectivity index (χ4v) is 14.4. The van der Waals surface area contributed by atoms with Crippen LogP contribution in [0.25, 0.3) is 43.1 Å². The molecule has 9 rings (SSSR count). The second-order valence-corrected chi connectivity index (χ2v) is 28.4. The molecular formula is C86H130N6O14. The van der Waals surface area contributed by atoms with Gasteiger partial charge in [0.1, 0.15) is 0 Å². The number of carbonyl (C=O) groups is 2. The van der Waals surface area contributed by atoms with E-state index >= 15 is 0 Å². The Kier molecular flexibility index (Phi) is 42.7. The molecule has 6 aromatic carbocycles. The van der Waals surface area contributed by atoms with Crippen molar-refractivity contribution in [2.75, 3.05) is 250 Å². The van der Waals surface area contributed by atoms with E-state index in [9.17, 15) is 9.59 Å². The van der Waals surface area contributed by atoms with Crippen molar-refractivity contribution in [3.63, 3.8) is 0 Å². The Morgan fingerprint density at radius 3 is 0.698 bits per heavy atom. The van der Waals surface area contributed by atoms with Crippen LogP contribution in [0.2, 0.25) is 0 Å². The molecule has 0 aliphatic carbocycles. The monoisotopic (exact) mass is 1470 g/mol. The van der Waals surface area contributed by atoms with Crippen LogP contribution >= 0.6 is 0 Å². The highest BCUT2D eigenvalue weighted by Crippen LogP contribution is 2.31. The van der Waals surface area contributed by atoms with Gasteiger partial charge < -0.3 is 66.6 Å². The van der Waals surface area contributed by atoms with Crippen molar-refractivity contribution >= 4 is 54.9 Å². The van der Waals surface area contributed by atoms with Crippen LogP contribution in [0.4, 0.5) is 0 Å². The highest BCUT2D eigenvalue weighted by atomic mass is 16.5. The second-order valence-electron chi connectivity index (χ2n) is 28.4. The first-order valence-electron chi connectivity index (χ1n) is 40.7. The highest BCUT2D eigenvalue weighted by molar-refractivity contribution is 6.03. The number of unbranched alkanes of at least 4 members (excludes halogenated alkanes) is 12. The minimum Gasteiger partial charge on any atom is -0.378 e. The van der Waals surface area contributed by atoms with Crippen LogP contribution in [0.1, 0.15) is 114 Å². The maximum atomic E-state index is 13.5. The lowest BCUT2D eigenvalue weighted by Crippen LogP contribution is -2.38. The molecule has 0 unspecified atom stereocenters. The number of fused-ring (bicyclic) bond motifs is 4. The Morgan fingerprint density at radius 1 is 0.236 bits per heavy atom. The molecule has 0 atom stereocenters. The van der Waals surface area contributed by atoms with Gasteiger partial charge in [-0.1, -0.05) is 161 Å². The lowest BCUT2D eigenvalue weighted by Gasteiger charge is -2.25. The summed E-state index contributed by atoms with van der Waals surface area (Å²) in [6.07, 6.45) is 16.5. The molecule has 3 fully saturated rings. The molecule has 3 aliphatic heterocycles. The number of carbonyl (C=O) groups excluding carboxylic acids is 2. The summed E-state index contributed by atoms with van der Waals surface area (Å²) in [5, 5.41) is 10.3. The van der Waals surface area contributed by atoms with Crippen molar-refractivity contribution in [1.29, 1.82) is 0 Å². The van der Waals surface area contributed by atoms with E-state index in [2.05, 4.69) is 129 Å². The zero-order chi connectivity index (χ0) is 73.2. The highest BCUT2D eigenvalue weighted by Gasteiger charge is 2.19. The van der Waals surface area contributed by atoms with Crippen molar-refractivity contribution in [2.24, 2.45) is 0 Å². The average Bonchev–Trinajstić information content (AvgIpc) is 0.783. The van der Waals surface area contributed by atoms with Gasteiger partial charge in [0.2, 0.25) is 11.8 Å². The fraction of sp³-hybridized carbons (Fsp3) is 0.651. The Balaban J connectivity index is 0.556. The summed E-state index contributed by atoms with van der Waals surface area (Å²) in [4.78, 5) is 40.6. The molecule has 0 saturated carbocycles. The standard InChI is InChI=1S/C86H130N6O14/c93-85(31-11-7-3-1-5-9-21-33-87-35-47-95-59-63-99-51-39-89(40-52-100-64-60-96-48-36-87)73-83-79-27-17-13-23-75(79)71-76-24-14-18-28-80(76)83)91-43-55-103-67-69-105-57-45-92(46-58-106-70-68-104-56-44-91)86(94)32-12-8-4-2-6-10-22-34-88-37-49-97-61-65-101-53-41-90(42-54-102-66-62-98-50-38-88)74-84-81-29-19-15-25-77(81)72-78-26-16-20-30-82(78)84/h13-20,23-30,71-72H,1-12,21-22,31-70,73-74H2. The Hall–Kier alpha value is -5.34. The summed E-state index contributed by atoms with van der Waals surface area (Å²) in [5.41, 5.74) is 2.70. The van der Waals surface area contributed by atoms with Gasteiger partial charge in [-0.2, -0.15) is 0 Å². The summed E-state index contributed by atoms with van der Waals surface area (Å²) in [6.45, 7) is 25.7. The minimum absolute atomic E-state index is 0.149. The summed E-state index contributed by atoms with van der Waals surface area (Å²) >= 11 is 0. The normalized spacial score (nSPS) is 19.3. The third-order valence-corrected chi connectivity index (χ3v) is 20.6. The lowest BCUT2D eigenvalue weighted by molar-refractivity contribution is -0.134. The fourth-order valence-electron chi connectivity index (χ4n) is 14.4. The van der Waals surface area contributed by atoms with E-state index in [0.717, 1.165) is 130 Å². The van der Waals surface area contributed by atoms with E-state index in [1.165, 1.54) is 92.7 Å². The molecule has 0 radical (unpaired) electrons. The van der Waals surface area contributed by atoms with Crippen molar-refractivity contribution in [3.8, 4) is 0 Å². The van der Waals surface area contributed by atoms with Crippen LogP contribution in [-0.4, -0.2) is 291 Å². The van der Waals surface area contributed by atoms with Crippen molar-refractivity contribution < 1.29 is 66.4 Å². The Morgan fingerprint density at radius 2 is 0.443 bits per heavy atom. The summed E-state index contributed by atoms with van der Waals surface area (Å²) in [7, 11) is 0. The van der Waals surface area contributed by atoms with Gasteiger partial charge in [-0.15, -0.1) is 0 Å². The van der Waals surface area contributed by atoms with Gasteiger partial charge in [0, 0.05) is 104 Å². The van der Waals surface area contributed by atoms with Gasteiger partial charge in [0.05, 0.1) is 159 Å². The zero-order valence-corrected chi connectivity index (χ0v) is 64.4. The first kappa shape index (κ1) is 84.7. The van der Waals surface area contributed by atoms with Crippen LogP contribution in [0.3, 0.4) is 0 Å². The van der Waals surface area contributed by atoms with Crippen LogP contribution < -0.4 is 0 Å². The maximum Gasteiger partial charge on any atom is 0.222 e. The van der Waals surface area contributed by atoms with Gasteiger partial charge in [-0.05, 0) is 105 Å². The molecule has 0 N–H and O–H groups in total. The predicted molar refractivity (Wildman–Crippen MR) is 423 cm³/mol. The van der Waals surface area contributed by atoms with Crippen LogP contribution in [0.5, 0.6) is 0 Å². The van der Waals surface area contributed by atoms with Gasteiger partial charge in [0.25, 0.3) is 0 Å². The summed E-state index contributed by atoms with van der Waals surface area (Å²) in [5.74, 6) is 0.298.